The van der Waals surface area contributed by atoms with Crippen molar-refractivity contribution in [2.24, 2.45) is 0 Å². The maximum atomic E-state index is 5.87. The lowest BCUT2D eigenvalue weighted by molar-refractivity contribution is 0.296. The molecule has 6 heteroatoms. The van der Waals surface area contributed by atoms with Gasteiger partial charge in [0.15, 0.2) is 0 Å². The number of anilines is 1. The third-order valence-electron chi connectivity index (χ3n) is 2.99. The Balaban J connectivity index is 1.84. The van der Waals surface area contributed by atoms with E-state index in [0.717, 1.165) is 17.9 Å². The Morgan fingerprint density at radius 2 is 2.10 bits per heavy atom. The summed E-state index contributed by atoms with van der Waals surface area (Å²) in [6.07, 6.45) is 5.48. The van der Waals surface area contributed by atoms with Gasteiger partial charge in [-0.1, -0.05) is 23.7 Å². The van der Waals surface area contributed by atoms with E-state index in [4.69, 9.17) is 16.3 Å². The highest BCUT2D eigenvalue weighted by molar-refractivity contribution is 6.30. The highest BCUT2D eigenvalue weighted by Crippen LogP contribution is 2.20. The quantitative estimate of drug-likeness (QED) is 0.785. The van der Waals surface area contributed by atoms with Crippen LogP contribution in [0.25, 0.3) is 5.65 Å². The molecule has 1 N–H and O–H groups in total. The predicted octanol–water partition coefficient (Wildman–Crippen LogP) is 3.39. The molecule has 0 bridgehead atoms. The fourth-order valence-electron chi connectivity index (χ4n) is 2.00. The van der Waals surface area contributed by atoms with Gasteiger partial charge in [-0.05, 0) is 24.6 Å². The van der Waals surface area contributed by atoms with Crippen molar-refractivity contribution in [1.29, 1.82) is 0 Å². The number of hydrogen-bond acceptors (Lipinski definition) is 4. The smallest absolute Gasteiger partial charge is 0.260 e. The third kappa shape index (κ3) is 3.08. The van der Waals surface area contributed by atoms with E-state index in [-0.39, 0.29) is 0 Å². The number of fused-ring (bicyclic) bond motifs is 1. The standard InChI is InChI=1S/C15H15ClN4O/c1-2-17-13-9-20-8-7-18-14(20)15(19-13)21-10-11-3-5-12(16)6-4-11/h3-9,17H,2,10H2,1H3. The first-order valence-electron chi connectivity index (χ1n) is 6.71. The van der Waals surface area contributed by atoms with Gasteiger partial charge < -0.3 is 10.1 Å². The van der Waals surface area contributed by atoms with Gasteiger partial charge in [-0.15, -0.1) is 0 Å². The maximum Gasteiger partial charge on any atom is 0.260 e. The highest BCUT2D eigenvalue weighted by atomic mass is 35.5. The first-order valence-corrected chi connectivity index (χ1v) is 7.09. The molecule has 0 unspecified atom stereocenters. The van der Waals surface area contributed by atoms with E-state index in [1.165, 1.54) is 0 Å². The zero-order valence-electron chi connectivity index (χ0n) is 11.6. The molecular weight excluding hydrogens is 288 g/mol. The molecular formula is C15H15ClN4O. The summed E-state index contributed by atoms with van der Waals surface area (Å²) >= 11 is 5.87. The monoisotopic (exact) mass is 302 g/mol. The Morgan fingerprint density at radius 1 is 1.29 bits per heavy atom. The van der Waals surface area contributed by atoms with Crippen LogP contribution in [-0.4, -0.2) is 20.9 Å². The summed E-state index contributed by atoms with van der Waals surface area (Å²) in [7, 11) is 0. The molecule has 0 aliphatic heterocycles. The zero-order valence-corrected chi connectivity index (χ0v) is 12.3. The molecule has 3 aromatic rings. The Morgan fingerprint density at radius 3 is 2.86 bits per heavy atom. The summed E-state index contributed by atoms with van der Waals surface area (Å²) < 4.78 is 7.70. The molecule has 1 aromatic carbocycles. The predicted molar refractivity (Wildman–Crippen MR) is 82.9 cm³/mol. The number of rotatable bonds is 5. The van der Waals surface area contributed by atoms with Crippen LogP contribution in [0.4, 0.5) is 5.82 Å². The average molecular weight is 303 g/mol. The van der Waals surface area contributed by atoms with Crippen molar-refractivity contribution in [2.75, 3.05) is 11.9 Å². The summed E-state index contributed by atoms with van der Waals surface area (Å²) in [5.74, 6) is 1.27. The van der Waals surface area contributed by atoms with Crippen LogP contribution in [0.3, 0.4) is 0 Å². The zero-order chi connectivity index (χ0) is 14.7. The lowest BCUT2D eigenvalue weighted by atomic mass is 10.2. The van der Waals surface area contributed by atoms with Crippen LogP contribution in [0.1, 0.15) is 12.5 Å². The molecule has 0 aliphatic rings. The van der Waals surface area contributed by atoms with E-state index in [0.29, 0.717) is 23.2 Å². The van der Waals surface area contributed by atoms with E-state index < -0.39 is 0 Å². The summed E-state index contributed by atoms with van der Waals surface area (Å²) in [5.41, 5.74) is 1.73. The number of ether oxygens (including phenoxy) is 1. The van der Waals surface area contributed by atoms with Gasteiger partial charge in [0.05, 0.1) is 6.20 Å². The molecule has 0 atom stereocenters. The largest absolute Gasteiger partial charge is 0.470 e. The summed E-state index contributed by atoms with van der Waals surface area (Å²) in [6, 6.07) is 7.54. The molecule has 0 saturated carbocycles. The molecule has 0 aliphatic carbocycles. The Labute approximate surface area is 127 Å². The van der Waals surface area contributed by atoms with Crippen LogP contribution < -0.4 is 10.1 Å². The molecule has 108 valence electrons. The Hall–Kier alpha value is -2.27. The van der Waals surface area contributed by atoms with Crippen molar-refractivity contribution in [3.63, 3.8) is 0 Å². The van der Waals surface area contributed by atoms with E-state index in [1.54, 1.807) is 6.20 Å². The summed E-state index contributed by atoms with van der Waals surface area (Å²) in [4.78, 5) is 8.73. The second-order valence-corrected chi connectivity index (χ2v) is 4.97. The average Bonchev–Trinajstić information content (AvgIpc) is 2.95. The fourth-order valence-corrected chi connectivity index (χ4v) is 2.12. The Kier molecular flexibility index (Phi) is 3.92. The van der Waals surface area contributed by atoms with Gasteiger partial charge in [0.25, 0.3) is 5.88 Å². The van der Waals surface area contributed by atoms with Crippen molar-refractivity contribution in [3.05, 3.63) is 53.4 Å². The van der Waals surface area contributed by atoms with Gasteiger partial charge >= 0.3 is 0 Å². The van der Waals surface area contributed by atoms with Gasteiger partial charge in [-0.25, -0.2) is 4.98 Å². The molecule has 0 spiro atoms. The van der Waals surface area contributed by atoms with Crippen LogP contribution in [0.15, 0.2) is 42.9 Å². The number of halogens is 1. The number of hydrogen-bond donors (Lipinski definition) is 1. The lowest BCUT2D eigenvalue weighted by Crippen LogP contribution is -2.05. The van der Waals surface area contributed by atoms with Crippen LogP contribution >= 0.6 is 11.6 Å². The van der Waals surface area contributed by atoms with Crippen molar-refractivity contribution in [3.8, 4) is 5.88 Å². The minimum absolute atomic E-state index is 0.419. The molecule has 0 amide bonds. The van der Waals surface area contributed by atoms with E-state index in [9.17, 15) is 0 Å². The molecule has 21 heavy (non-hydrogen) atoms. The first-order chi connectivity index (χ1) is 10.3. The van der Waals surface area contributed by atoms with Crippen LogP contribution in [0, 0.1) is 0 Å². The number of benzene rings is 1. The number of nitrogens with one attached hydrogen (secondary N) is 1. The summed E-state index contributed by atoms with van der Waals surface area (Å²) in [5, 5.41) is 3.89. The molecule has 2 heterocycles. The van der Waals surface area contributed by atoms with Gasteiger partial charge in [0, 0.05) is 24.0 Å². The minimum Gasteiger partial charge on any atom is -0.470 e. The first kappa shape index (κ1) is 13.7. The second-order valence-electron chi connectivity index (χ2n) is 4.53. The molecule has 0 radical (unpaired) electrons. The SMILES string of the molecule is CCNc1cn2ccnc2c(OCc2ccc(Cl)cc2)n1. The van der Waals surface area contributed by atoms with Gasteiger partial charge in [-0.2, -0.15) is 4.98 Å². The fraction of sp³-hybridized carbons (Fsp3) is 0.200. The second kappa shape index (κ2) is 6.01. The molecule has 3 rings (SSSR count). The normalized spacial score (nSPS) is 10.8. The van der Waals surface area contributed by atoms with Crippen molar-refractivity contribution in [1.82, 2.24) is 14.4 Å². The topological polar surface area (TPSA) is 51.5 Å². The van der Waals surface area contributed by atoms with Gasteiger partial charge in [-0.3, -0.25) is 4.40 Å². The molecule has 2 aromatic heterocycles. The highest BCUT2D eigenvalue weighted by Gasteiger charge is 2.08. The van der Waals surface area contributed by atoms with Crippen LogP contribution in [0.5, 0.6) is 5.88 Å². The van der Waals surface area contributed by atoms with Crippen LogP contribution in [0.2, 0.25) is 5.02 Å². The van der Waals surface area contributed by atoms with Crippen LogP contribution in [-0.2, 0) is 6.61 Å². The molecule has 5 nitrogen and oxygen atoms in total. The van der Waals surface area contributed by atoms with Crippen molar-refractivity contribution >= 4 is 23.1 Å². The Bertz CT molecular complexity index is 739. The third-order valence-corrected chi connectivity index (χ3v) is 3.24. The number of aromatic nitrogens is 3. The summed E-state index contributed by atoms with van der Waals surface area (Å²) in [6.45, 7) is 3.24. The van der Waals surface area contributed by atoms with E-state index in [2.05, 4.69) is 15.3 Å². The minimum atomic E-state index is 0.419. The van der Waals surface area contributed by atoms with E-state index in [1.807, 2.05) is 48.0 Å². The van der Waals surface area contributed by atoms with Gasteiger partial charge in [0.2, 0.25) is 5.65 Å². The lowest BCUT2D eigenvalue weighted by Gasteiger charge is -2.09. The van der Waals surface area contributed by atoms with E-state index >= 15 is 0 Å². The molecule has 0 saturated heterocycles. The van der Waals surface area contributed by atoms with Crippen molar-refractivity contribution < 1.29 is 4.74 Å². The molecule has 0 fully saturated rings. The number of imidazole rings is 1. The van der Waals surface area contributed by atoms with Crippen molar-refractivity contribution in [2.45, 2.75) is 13.5 Å². The van der Waals surface area contributed by atoms with Gasteiger partial charge in [0.1, 0.15) is 12.4 Å². The maximum absolute atomic E-state index is 5.87. The number of nitrogens with zero attached hydrogens (tertiary/aromatic N) is 3.